The molecule has 0 amide bonds. The van der Waals surface area contributed by atoms with Gasteiger partial charge in [-0.3, -0.25) is 4.79 Å². The van der Waals surface area contributed by atoms with Crippen molar-refractivity contribution in [2.24, 2.45) is 0 Å². The summed E-state index contributed by atoms with van der Waals surface area (Å²) in [5, 5.41) is 12.5. The lowest BCUT2D eigenvalue weighted by Crippen LogP contribution is -2.04. The van der Waals surface area contributed by atoms with E-state index in [1.165, 1.54) is 11.8 Å². The van der Waals surface area contributed by atoms with Gasteiger partial charge in [0.1, 0.15) is 0 Å². The second-order valence-electron chi connectivity index (χ2n) is 3.72. The molecular formula is C11H13N3O2S2. The van der Waals surface area contributed by atoms with E-state index in [9.17, 15) is 4.79 Å². The fourth-order valence-corrected chi connectivity index (χ4v) is 2.90. The third-order valence-corrected chi connectivity index (χ3v) is 4.05. The van der Waals surface area contributed by atoms with E-state index in [4.69, 9.17) is 5.11 Å². The number of imidazole rings is 1. The van der Waals surface area contributed by atoms with Gasteiger partial charge in [0.2, 0.25) is 0 Å². The topological polar surface area (TPSA) is 68.0 Å². The number of hydrogen-bond donors (Lipinski definition) is 1. The van der Waals surface area contributed by atoms with Crippen molar-refractivity contribution < 1.29 is 9.90 Å². The third-order valence-electron chi connectivity index (χ3n) is 2.24. The zero-order valence-electron chi connectivity index (χ0n) is 9.87. The molecule has 2 aromatic rings. The molecule has 5 nitrogen and oxygen atoms in total. The molecule has 7 heteroatoms. The average Bonchev–Trinajstić information content (AvgIpc) is 2.92. The smallest absolute Gasteiger partial charge is 0.313 e. The highest BCUT2D eigenvalue weighted by Crippen LogP contribution is 2.18. The third kappa shape index (κ3) is 3.58. The van der Waals surface area contributed by atoms with Crippen LogP contribution in [-0.4, -0.2) is 31.4 Å². The summed E-state index contributed by atoms with van der Waals surface area (Å²) in [6, 6.07) is 0. The van der Waals surface area contributed by atoms with Crippen molar-refractivity contribution >= 4 is 29.1 Å². The second kappa shape index (κ2) is 6.01. The summed E-state index contributed by atoms with van der Waals surface area (Å²) < 4.78 is 1.99. The highest BCUT2D eigenvalue weighted by Gasteiger charge is 2.09. The van der Waals surface area contributed by atoms with Crippen molar-refractivity contribution in [2.75, 3.05) is 5.75 Å². The molecule has 0 spiro atoms. The molecule has 18 heavy (non-hydrogen) atoms. The number of hydrogen-bond acceptors (Lipinski definition) is 5. The maximum atomic E-state index is 10.6. The van der Waals surface area contributed by atoms with Crippen LogP contribution in [-0.2, 0) is 17.8 Å². The Bertz CT molecular complexity index is 522. The van der Waals surface area contributed by atoms with Crippen LogP contribution in [0.5, 0.6) is 0 Å². The molecule has 0 aliphatic carbocycles. The minimum absolute atomic E-state index is 0.0354. The molecule has 96 valence electrons. The van der Waals surface area contributed by atoms with Gasteiger partial charge in [-0.15, -0.1) is 11.3 Å². The zero-order chi connectivity index (χ0) is 13.0. The summed E-state index contributed by atoms with van der Waals surface area (Å²) in [7, 11) is 0. The Hall–Kier alpha value is -1.34. The lowest BCUT2D eigenvalue weighted by atomic mass is 10.4. The van der Waals surface area contributed by atoms with Gasteiger partial charge in [-0.2, -0.15) is 0 Å². The standard InChI is InChI=1S/C11H13N3O2S2/c1-8-6-14(4-2-9-12-3-5-17-9)11(13-8)18-7-10(15)16/h3,5-6H,2,4,7H2,1H3,(H,15,16). The molecule has 0 fully saturated rings. The molecule has 2 aromatic heterocycles. The van der Waals surface area contributed by atoms with E-state index in [1.54, 1.807) is 17.5 Å². The van der Waals surface area contributed by atoms with Crippen molar-refractivity contribution in [2.45, 2.75) is 25.0 Å². The Labute approximate surface area is 113 Å². The SMILES string of the molecule is Cc1cn(CCc2nccs2)c(SCC(=O)O)n1. The predicted molar refractivity (Wildman–Crippen MR) is 71.1 cm³/mol. The van der Waals surface area contributed by atoms with Crippen molar-refractivity contribution in [3.8, 4) is 0 Å². The Balaban J connectivity index is 2.00. The first-order valence-corrected chi connectivity index (χ1v) is 7.28. The van der Waals surface area contributed by atoms with Gasteiger partial charge in [-0.25, -0.2) is 9.97 Å². The van der Waals surface area contributed by atoms with Crippen LogP contribution in [0.25, 0.3) is 0 Å². The van der Waals surface area contributed by atoms with Gasteiger partial charge in [-0.05, 0) is 6.92 Å². The van der Waals surface area contributed by atoms with E-state index in [0.29, 0.717) is 0 Å². The number of thioether (sulfide) groups is 1. The first-order valence-electron chi connectivity index (χ1n) is 5.42. The van der Waals surface area contributed by atoms with Crippen LogP contribution < -0.4 is 0 Å². The van der Waals surface area contributed by atoms with E-state index in [1.807, 2.05) is 23.1 Å². The Morgan fingerprint density at radius 1 is 1.61 bits per heavy atom. The van der Waals surface area contributed by atoms with Crippen molar-refractivity contribution in [3.63, 3.8) is 0 Å². The molecule has 0 atom stereocenters. The van der Waals surface area contributed by atoms with E-state index >= 15 is 0 Å². The molecule has 0 radical (unpaired) electrons. The number of carboxylic acid groups (broad SMARTS) is 1. The maximum Gasteiger partial charge on any atom is 0.313 e. The monoisotopic (exact) mass is 283 g/mol. The highest BCUT2D eigenvalue weighted by atomic mass is 32.2. The number of carboxylic acids is 1. The molecule has 0 saturated carbocycles. The molecule has 2 heterocycles. The Morgan fingerprint density at radius 2 is 2.44 bits per heavy atom. The lowest BCUT2D eigenvalue weighted by Gasteiger charge is -2.04. The molecule has 0 saturated heterocycles. The summed E-state index contributed by atoms with van der Waals surface area (Å²) >= 11 is 2.88. The first-order chi connectivity index (χ1) is 8.65. The fraction of sp³-hybridized carbons (Fsp3) is 0.364. The average molecular weight is 283 g/mol. The Kier molecular flexibility index (Phi) is 4.38. The van der Waals surface area contributed by atoms with Gasteiger partial charge >= 0.3 is 5.97 Å². The minimum Gasteiger partial charge on any atom is -0.481 e. The zero-order valence-corrected chi connectivity index (χ0v) is 11.5. The number of aromatic nitrogens is 3. The Morgan fingerprint density at radius 3 is 3.11 bits per heavy atom. The van der Waals surface area contributed by atoms with Crippen molar-refractivity contribution in [1.82, 2.24) is 14.5 Å². The van der Waals surface area contributed by atoms with Gasteiger partial charge in [0, 0.05) is 30.7 Å². The molecule has 0 unspecified atom stereocenters. The normalized spacial score (nSPS) is 10.7. The summed E-state index contributed by atoms with van der Waals surface area (Å²) in [4.78, 5) is 19.1. The summed E-state index contributed by atoms with van der Waals surface area (Å²) in [6.45, 7) is 2.68. The second-order valence-corrected chi connectivity index (χ2v) is 5.64. The van der Waals surface area contributed by atoms with Gasteiger partial charge in [-0.1, -0.05) is 11.8 Å². The highest BCUT2D eigenvalue weighted by molar-refractivity contribution is 7.99. The molecule has 0 bridgehead atoms. The molecule has 0 aliphatic heterocycles. The van der Waals surface area contributed by atoms with E-state index in [0.717, 1.165) is 28.8 Å². The summed E-state index contributed by atoms with van der Waals surface area (Å²) in [6.07, 6.45) is 4.57. The van der Waals surface area contributed by atoms with Crippen LogP contribution in [0.2, 0.25) is 0 Å². The van der Waals surface area contributed by atoms with Gasteiger partial charge < -0.3 is 9.67 Å². The number of aryl methyl sites for hydroxylation is 3. The number of thiazole rings is 1. The van der Waals surface area contributed by atoms with Crippen LogP contribution in [0.4, 0.5) is 0 Å². The van der Waals surface area contributed by atoms with Crippen molar-refractivity contribution in [1.29, 1.82) is 0 Å². The minimum atomic E-state index is -0.827. The quantitative estimate of drug-likeness (QED) is 0.822. The van der Waals surface area contributed by atoms with Gasteiger partial charge in [0.05, 0.1) is 16.5 Å². The van der Waals surface area contributed by atoms with Crippen molar-refractivity contribution in [3.05, 3.63) is 28.5 Å². The molecule has 0 aromatic carbocycles. The number of rotatable bonds is 6. The number of aliphatic carboxylic acids is 1. The van der Waals surface area contributed by atoms with Crippen LogP contribution in [0, 0.1) is 6.92 Å². The summed E-state index contributed by atoms with van der Waals surface area (Å²) in [5.74, 6) is -0.791. The fourth-order valence-electron chi connectivity index (χ4n) is 1.52. The molecule has 0 aliphatic rings. The van der Waals surface area contributed by atoms with Gasteiger partial charge in [0.25, 0.3) is 0 Å². The van der Waals surface area contributed by atoms with E-state index < -0.39 is 5.97 Å². The predicted octanol–water partition coefficient (Wildman–Crippen LogP) is 2.07. The summed E-state index contributed by atoms with van der Waals surface area (Å²) in [5.41, 5.74) is 0.905. The molecular weight excluding hydrogens is 270 g/mol. The maximum absolute atomic E-state index is 10.6. The number of nitrogens with zero attached hydrogens (tertiary/aromatic N) is 3. The van der Waals surface area contributed by atoms with Crippen LogP contribution >= 0.6 is 23.1 Å². The van der Waals surface area contributed by atoms with E-state index in [2.05, 4.69) is 9.97 Å². The first kappa shape index (κ1) is 13.1. The molecule has 2 rings (SSSR count). The van der Waals surface area contributed by atoms with Crippen LogP contribution in [0.3, 0.4) is 0 Å². The van der Waals surface area contributed by atoms with E-state index in [-0.39, 0.29) is 5.75 Å². The number of carbonyl (C=O) groups is 1. The lowest BCUT2D eigenvalue weighted by molar-refractivity contribution is -0.133. The van der Waals surface area contributed by atoms with Gasteiger partial charge in [0.15, 0.2) is 5.16 Å². The van der Waals surface area contributed by atoms with Crippen LogP contribution in [0.1, 0.15) is 10.7 Å². The molecule has 1 N–H and O–H groups in total. The largest absolute Gasteiger partial charge is 0.481 e. The van der Waals surface area contributed by atoms with Crippen LogP contribution in [0.15, 0.2) is 22.9 Å².